The van der Waals surface area contributed by atoms with Crippen molar-refractivity contribution >= 4 is 22.4 Å². The van der Waals surface area contributed by atoms with E-state index >= 15 is 0 Å². The number of thiazole rings is 1. The van der Waals surface area contributed by atoms with Crippen molar-refractivity contribution in [2.75, 3.05) is 19.0 Å². The zero-order chi connectivity index (χ0) is 11.4. The second-order valence-electron chi connectivity index (χ2n) is 3.58. The van der Waals surface area contributed by atoms with Gasteiger partial charge in [0.2, 0.25) is 0 Å². The predicted octanol–water partition coefficient (Wildman–Crippen LogP) is 1.79. The van der Waals surface area contributed by atoms with E-state index in [1.165, 1.54) is 11.3 Å². The number of aromatic nitrogens is 1. The number of hydrogen-bond acceptors (Lipinski definition) is 4. The van der Waals surface area contributed by atoms with Gasteiger partial charge in [0, 0.05) is 19.0 Å². The van der Waals surface area contributed by atoms with Gasteiger partial charge in [-0.05, 0) is 6.42 Å². The van der Waals surface area contributed by atoms with Crippen LogP contribution in [0.3, 0.4) is 0 Å². The minimum atomic E-state index is -0.790. The van der Waals surface area contributed by atoms with Crippen molar-refractivity contribution in [3.63, 3.8) is 0 Å². The normalized spacial score (nSPS) is 10.3. The summed E-state index contributed by atoms with van der Waals surface area (Å²) >= 11 is 1.47. The monoisotopic (exact) mass is 228 g/mol. The molecule has 4 nitrogen and oxygen atoms in total. The number of rotatable bonds is 5. The maximum atomic E-state index is 10.7. The molecule has 0 bridgehead atoms. The van der Waals surface area contributed by atoms with Gasteiger partial charge in [-0.25, -0.2) is 4.98 Å². The lowest BCUT2D eigenvalue weighted by Crippen LogP contribution is -2.07. The lowest BCUT2D eigenvalue weighted by Gasteiger charge is -2.05. The van der Waals surface area contributed by atoms with Crippen LogP contribution in [0.2, 0.25) is 0 Å². The van der Waals surface area contributed by atoms with Crippen molar-refractivity contribution in [3.8, 4) is 0 Å². The average Bonchev–Trinajstić information content (AvgIpc) is 2.48. The van der Waals surface area contributed by atoms with Gasteiger partial charge in [0.1, 0.15) is 0 Å². The summed E-state index contributed by atoms with van der Waals surface area (Å²) in [7, 11) is 3.83. The van der Waals surface area contributed by atoms with Crippen molar-refractivity contribution in [1.29, 1.82) is 0 Å². The summed E-state index contributed by atoms with van der Waals surface area (Å²) in [5, 5.41) is 9.66. The van der Waals surface area contributed by atoms with Crippen molar-refractivity contribution in [3.05, 3.63) is 10.6 Å². The fourth-order valence-electron chi connectivity index (χ4n) is 1.27. The summed E-state index contributed by atoms with van der Waals surface area (Å²) < 4.78 is 0. The smallest absolute Gasteiger partial charge is 0.308 e. The van der Waals surface area contributed by atoms with Crippen LogP contribution in [0.25, 0.3) is 0 Å². The van der Waals surface area contributed by atoms with E-state index in [2.05, 4.69) is 11.9 Å². The summed E-state index contributed by atoms with van der Waals surface area (Å²) in [6.45, 7) is 2.07. The Kier molecular flexibility index (Phi) is 4.08. The molecule has 1 aromatic heterocycles. The molecule has 0 saturated heterocycles. The van der Waals surface area contributed by atoms with E-state index in [9.17, 15) is 4.79 Å². The van der Waals surface area contributed by atoms with E-state index in [4.69, 9.17) is 5.11 Å². The van der Waals surface area contributed by atoms with Gasteiger partial charge in [-0.2, -0.15) is 0 Å². The molecule has 0 aliphatic heterocycles. The van der Waals surface area contributed by atoms with Crippen LogP contribution in [0.5, 0.6) is 0 Å². The fraction of sp³-hybridized carbons (Fsp3) is 0.600. The molecular weight excluding hydrogens is 212 g/mol. The molecular formula is C10H16N2O2S. The van der Waals surface area contributed by atoms with Crippen LogP contribution in [0, 0.1) is 0 Å². The maximum Gasteiger partial charge on any atom is 0.308 e. The fourth-order valence-corrected chi connectivity index (χ4v) is 2.29. The van der Waals surface area contributed by atoms with Crippen LogP contribution < -0.4 is 4.90 Å². The van der Waals surface area contributed by atoms with Gasteiger partial charge in [0.15, 0.2) is 5.13 Å². The van der Waals surface area contributed by atoms with E-state index in [-0.39, 0.29) is 6.42 Å². The molecule has 1 heterocycles. The Morgan fingerprint density at radius 1 is 1.53 bits per heavy atom. The van der Waals surface area contributed by atoms with Gasteiger partial charge in [-0.15, -0.1) is 11.3 Å². The van der Waals surface area contributed by atoms with Crippen molar-refractivity contribution < 1.29 is 9.90 Å². The first-order chi connectivity index (χ1) is 7.04. The largest absolute Gasteiger partial charge is 0.481 e. The topological polar surface area (TPSA) is 53.4 Å². The minimum absolute atomic E-state index is 0.0842. The van der Waals surface area contributed by atoms with Crippen molar-refractivity contribution in [2.24, 2.45) is 0 Å². The highest BCUT2D eigenvalue weighted by atomic mass is 32.1. The summed E-state index contributed by atoms with van der Waals surface area (Å²) in [5.41, 5.74) is 0.939. The molecule has 0 aromatic carbocycles. The van der Waals surface area contributed by atoms with Crippen molar-refractivity contribution in [1.82, 2.24) is 4.98 Å². The first kappa shape index (κ1) is 12.0. The third-order valence-corrected chi connectivity index (χ3v) is 3.21. The molecule has 15 heavy (non-hydrogen) atoms. The zero-order valence-electron chi connectivity index (χ0n) is 9.28. The Balaban J connectivity index is 2.94. The van der Waals surface area contributed by atoms with E-state index in [0.717, 1.165) is 28.5 Å². The van der Waals surface area contributed by atoms with Crippen LogP contribution in [0.15, 0.2) is 0 Å². The summed E-state index contributed by atoms with van der Waals surface area (Å²) in [6.07, 6.45) is 1.93. The highest BCUT2D eigenvalue weighted by Gasteiger charge is 2.14. The lowest BCUT2D eigenvalue weighted by molar-refractivity contribution is -0.136. The molecule has 0 radical (unpaired) electrons. The number of aryl methyl sites for hydroxylation is 1. The number of carbonyl (C=O) groups is 1. The Morgan fingerprint density at radius 3 is 2.67 bits per heavy atom. The molecule has 1 N–H and O–H groups in total. The van der Waals surface area contributed by atoms with Gasteiger partial charge in [-0.1, -0.05) is 13.3 Å². The molecule has 0 unspecified atom stereocenters. The quantitative estimate of drug-likeness (QED) is 0.834. The summed E-state index contributed by atoms with van der Waals surface area (Å²) in [4.78, 5) is 17.9. The van der Waals surface area contributed by atoms with Gasteiger partial charge < -0.3 is 10.0 Å². The molecule has 0 saturated carbocycles. The van der Waals surface area contributed by atoms with Crippen LogP contribution in [0.4, 0.5) is 5.13 Å². The predicted molar refractivity (Wildman–Crippen MR) is 61.8 cm³/mol. The molecule has 0 aliphatic rings. The number of nitrogens with zero attached hydrogens (tertiary/aromatic N) is 2. The summed E-state index contributed by atoms with van der Waals surface area (Å²) in [6, 6.07) is 0. The van der Waals surface area contributed by atoms with Crippen molar-refractivity contribution in [2.45, 2.75) is 26.2 Å². The Hall–Kier alpha value is -1.10. The summed E-state index contributed by atoms with van der Waals surface area (Å²) in [5.74, 6) is -0.790. The molecule has 1 aromatic rings. The first-order valence-corrected chi connectivity index (χ1v) is 5.74. The lowest BCUT2D eigenvalue weighted by atomic mass is 10.2. The van der Waals surface area contributed by atoms with Crippen LogP contribution in [0.1, 0.15) is 23.9 Å². The minimum Gasteiger partial charge on any atom is -0.481 e. The molecule has 5 heteroatoms. The van der Waals surface area contributed by atoms with Crippen LogP contribution in [-0.2, 0) is 17.6 Å². The number of hydrogen-bond donors (Lipinski definition) is 1. The van der Waals surface area contributed by atoms with E-state index in [0.29, 0.717) is 0 Å². The van der Waals surface area contributed by atoms with E-state index in [1.54, 1.807) is 0 Å². The third-order valence-electron chi connectivity index (χ3n) is 1.95. The van der Waals surface area contributed by atoms with Gasteiger partial charge in [0.25, 0.3) is 0 Å². The Morgan fingerprint density at radius 2 is 2.20 bits per heavy atom. The number of aliphatic carboxylic acids is 1. The Bertz CT molecular complexity index is 347. The maximum absolute atomic E-state index is 10.7. The van der Waals surface area contributed by atoms with E-state index in [1.807, 2.05) is 19.0 Å². The standard InChI is InChI=1S/C10H16N2O2S/c1-4-5-7-8(6-9(13)14)15-10(11-7)12(2)3/h4-6H2,1-3H3,(H,13,14). The molecule has 0 aliphatic carbocycles. The molecule has 0 amide bonds. The molecule has 0 spiro atoms. The molecule has 0 atom stereocenters. The van der Waals surface area contributed by atoms with Crippen LogP contribution in [-0.4, -0.2) is 30.2 Å². The highest BCUT2D eigenvalue weighted by Crippen LogP contribution is 2.26. The molecule has 84 valence electrons. The zero-order valence-corrected chi connectivity index (χ0v) is 10.1. The Labute approximate surface area is 93.6 Å². The number of anilines is 1. The number of carboxylic acids is 1. The SMILES string of the molecule is CCCc1nc(N(C)C)sc1CC(=O)O. The number of carboxylic acid groups (broad SMARTS) is 1. The van der Waals surface area contributed by atoms with Gasteiger partial charge in [0.05, 0.1) is 12.1 Å². The molecule has 1 rings (SSSR count). The van der Waals surface area contributed by atoms with Gasteiger partial charge in [-0.3, -0.25) is 4.79 Å². The average molecular weight is 228 g/mol. The first-order valence-electron chi connectivity index (χ1n) is 4.92. The second-order valence-corrected chi connectivity index (χ2v) is 4.64. The second kappa shape index (κ2) is 5.11. The van der Waals surface area contributed by atoms with E-state index < -0.39 is 5.97 Å². The van der Waals surface area contributed by atoms with Gasteiger partial charge >= 0.3 is 5.97 Å². The molecule has 0 fully saturated rings. The highest BCUT2D eigenvalue weighted by molar-refractivity contribution is 7.15. The third kappa shape index (κ3) is 3.20. The van der Waals surface area contributed by atoms with Crippen LogP contribution >= 0.6 is 11.3 Å².